The average molecular weight is 549 g/mol. The van der Waals surface area contributed by atoms with E-state index in [9.17, 15) is 45.4 Å². The van der Waals surface area contributed by atoms with Crippen LogP contribution in [0, 0.1) is 0 Å². The van der Waals surface area contributed by atoms with Gasteiger partial charge in [-0.2, -0.15) is 31.4 Å². The number of aliphatic hydroxyl groups is 1. The Morgan fingerprint density at radius 1 is 1.13 bits per heavy atom. The van der Waals surface area contributed by atoms with E-state index in [4.69, 9.17) is 5.73 Å². The van der Waals surface area contributed by atoms with Gasteiger partial charge in [0.05, 0.1) is 29.4 Å². The van der Waals surface area contributed by atoms with E-state index in [-0.39, 0.29) is 23.7 Å². The molecule has 4 heterocycles. The van der Waals surface area contributed by atoms with E-state index in [0.29, 0.717) is 4.90 Å². The van der Waals surface area contributed by atoms with E-state index in [1.807, 2.05) is 0 Å². The standard InChI is InChI=1S/C21H18F7N7O3/c1-19(38,21(26,27)28)18(37)34-6-12(22)13(7-34)33-17(36)10-2-9(4-30-5-10)14-3-11(20(23,24)25)15-16(29)31-8-32-35(14)15/h2-5,8,12-13,38H,6-7H2,1H3,(H,33,36)(H2,29,31,32)/t12-,13+,19?/m0/s1. The molecule has 17 heteroatoms. The van der Waals surface area contributed by atoms with Crippen LogP contribution in [0.15, 0.2) is 30.9 Å². The third-order valence-electron chi connectivity index (χ3n) is 6.00. The molecule has 3 aromatic heterocycles. The molecule has 2 amide bonds. The Labute approximate surface area is 208 Å². The summed E-state index contributed by atoms with van der Waals surface area (Å²) in [4.78, 5) is 32.7. The highest BCUT2D eigenvalue weighted by atomic mass is 19.4. The number of aromatic nitrogens is 4. The number of amides is 2. The summed E-state index contributed by atoms with van der Waals surface area (Å²) in [6, 6.07) is 0.448. The molecule has 204 valence electrons. The van der Waals surface area contributed by atoms with Gasteiger partial charge in [0.1, 0.15) is 18.0 Å². The van der Waals surface area contributed by atoms with E-state index in [2.05, 4.69) is 20.4 Å². The summed E-state index contributed by atoms with van der Waals surface area (Å²) in [6.45, 7) is -1.25. The average Bonchev–Trinajstić information content (AvgIpc) is 3.39. The number of nitrogens with two attached hydrogens (primary N) is 1. The Morgan fingerprint density at radius 3 is 2.45 bits per heavy atom. The maximum absolute atomic E-state index is 14.5. The molecule has 4 rings (SSSR count). The van der Waals surface area contributed by atoms with Crippen molar-refractivity contribution in [3.63, 3.8) is 0 Å². The van der Waals surface area contributed by atoms with Crippen molar-refractivity contribution in [2.45, 2.75) is 37.1 Å². The largest absolute Gasteiger partial charge is 0.426 e. The van der Waals surface area contributed by atoms with Crippen molar-refractivity contribution in [2.24, 2.45) is 0 Å². The molecule has 1 aliphatic heterocycles. The Kier molecular flexibility index (Phi) is 6.45. The molecule has 1 unspecified atom stereocenters. The Balaban J connectivity index is 1.58. The topological polar surface area (TPSA) is 139 Å². The molecule has 4 N–H and O–H groups in total. The molecule has 38 heavy (non-hydrogen) atoms. The van der Waals surface area contributed by atoms with Crippen molar-refractivity contribution >= 4 is 23.1 Å². The van der Waals surface area contributed by atoms with Gasteiger partial charge in [0.15, 0.2) is 5.82 Å². The predicted molar refractivity (Wildman–Crippen MR) is 115 cm³/mol. The van der Waals surface area contributed by atoms with Crippen LogP contribution in [0.1, 0.15) is 22.8 Å². The number of pyridine rings is 1. The number of carbonyl (C=O) groups excluding carboxylic acids is 2. The lowest BCUT2D eigenvalue weighted by molar-refractivity contribution is -0.249. The minimum atomic E-state index is -5.31. The van der Waals surface area contributed by atoms with Gasteiger partial charge in [-0.1, -0.05) is 0 Å². The number of carbonyl (C=O) groups is 2. The van der Waals surface area contributed by atoms with E-state index in [1.165, 1.54) is 0 Å². The molecule has 0 aliphatic carbocycles. The van der Waals surface area contributed by atoms with Crippen molar-refractivity contribution < 1.29 is 45.4 Å². The van der Waals surface area contributed by atoms with Crippen LogP contribution in [0.3, 0.4) is 0 Å². The monoisotopic (exact) mass is 549 g/mol. The van der Waals surface area contributed by atoms with Crippen molar-refractivity contribution in [1.29, 1.82) is 0 Å². The number of halogens is 7. The number of hydrogen-bond acceptors (Lipinski definition) is 7. The highest BCUT2D eigenvalue weighted by Crippen LogP contribution is 2.38. The van der Waals surface area contributed by atoms with Crippen LogP contribution in [0.5, 0.6) is 0 Å². The van der Waals surface area contributed by atoms with E-state index in [0.717, 1.165) is 35.4 Å². The first kappa shape index (κ1) is 27.0. The van der Waals surface area contributed by atoms with Gasteiger partial charge in [0, 0.05) is 24.5 Å². The van der Waals surface area contributed by atoms with E-state index in [1.54, 1.807) is 0 Å². The second-order valence-electron chi connectivity index (χ2n) is 8.69. The third kappa shape index (κ3) is 4.68. The van der Waals surface area contributed by atoms with Gasteiger partial charge in [0.2, 0.25) is 5.60 Å². The molecule has 0 saturated carbocycles. The molecule has 0 aromatic carbocycles. The number of nitrogens with zero attached hydrogens (tertiary/aromatic N) is 5. The van der Waals surface area contributed by atoms with Crippen LogP contribution in [0.25, 0.3) is 16.8 Å². The Morgan fingerprint density at radius 2 is 1.82 bits per heavy atom. The predicted octanol–water partition coefficient (Wildman–Crippen LogP) is 1.98. The zero-order valence-electron chi connectivity index (χ0n) is 19.2. The smallest absolute Gasteiger partial charge is 0.382 e. The summed E-state index contributed by atoms with van der Waals surface area (Å²) in [5.74, 6) is -3.19. The number of anilines is 1. The van der Waals surface area contributed by atoms with Crippen LogP contribution < -0.4 is 11.1 Å². The summed E-state index contributed by atoms with van der Waals surface area (Å²) >= 11 is 0. The number of fused-ring (bicyclic) bond motifs is 1. The molecule has 1 saturated heterocycles. The van der Waals surface area contributed by atoms with Gasteiger partial charge in [0.25, 0.3) is 11.8 Å². The number of alkyl halides is 7. The van der Waals surface area contributed by atoms with Crippen molar-refractivity contribution in [3.8, 4) is 11.3 Å². The first-order valence-electron chi connectivity index (χ1n) is 10.7. The summed E-state index contributed by atoms with van der Waals surface area (Å²) in [7, 11) is 0. The van der Waals surface area contributed by atoms with Crippen LogP contribution >= 0.6 is 0 Å². The molecule has 0 spiro atoms. The zero-order chi connectivity index (χ0) is 28.2. The molecule has 3 aromatic rings. The maximum atomic E-state index is 14.5. The number of nitrogen functional groups attached to an aromatic ring is 1. The lowest BCUT2D eigenvalue weighted by Gasteiger charge is -2.29. The number of rotatable bonds is 4. The number of hydrogen-bond donors (Lipinski definition) is 3. The van der Waals surface area contributed by atoms with Crippen molar-refractivity contribution in [3.05, 3.63) is 42.0 Å². The zero-order valence-corrected chi connectivity index (χ0v) is 19.2. The fraction of sp³-hybridized carbons (Fsp3) is 0.381. The van der Waals surface area contributed by atoms with Crippen molar-refractivity contribution in [2.75, 3.05) is 18.8 Å². The molecule has 1 fully saturated rings. The lowest BCUT2D eigenvalue weighted by Crippen LogP contribution is -2.56. The van der Waals surface area contributed by atoms with Crippen LogP contribution in [-0.4, -0.2) is 78.5 Å². The molecule has 1 aliphatic rings. The highest BCUT2D eigenvalue weighted by Gasteiger charge is 2.58. The maximum Gasteiger partial charge on any atom is 0.426 e. The fourth-order valence-electron chi connectivity index (χ4n) is 3.94. The first-order valence-corrected chi connectivity index (χ1v) is 10.7. The molecule has 3 atom stereocenters. The fourth-order valence-corrected chi connectivity index (χ4v) is 3.94. The van der Waals surface area contributed by atoms with Crippen LogP contribution in [0.2, 0.25) is 0 Å². The minimum Gasteiger partial charge on any atom is -0.382 e. The second kappa shape index (κ2) is 9.07. The molecule has 10 nitrogen and oxygen atoms in total. The molecule has 0 bridgehead atoms. The van der Waals surface area contributed by atoms with Crippen molar-refractivity contribution in [1.82, 2.24) is 29.8 Å². The Hall–Kier alpha value is -4.02. The number of likely N-dealkylation sites (tertiary alicyclic amines) is 1. The summed E-state index contributed by atoms with van der Waals surface area (Å²) in [6.07, 6.45) is -8.99. The molecular weight excluding hydrogens is 531 g/mol. The minimum absolute atomic E-state index is 0.00231. The van der Waals surface area contributed by atoms with Gasteiger partial charge in [-0.3, -0.25) is 14.6 Å². The van der Waals surface area contributed by atoms with Crippen LogP contribution in [-0.2, 0) is 11.0 Å². The van der Waals surface area contributed by atoms with Gasteiger partial charge >= 0.3 is 12.4 Å². The van der Waals surface area contributed by atoms with Gasteiger partial charge < -0.3 is 21.1 Å². The molecular formula is C21H18F7N7O3. The SMILES string of the molecule is CC(O)(C(=O)N1C[C@H](F)[C@H](NC(=O)c2cncc(-c3cc(C(F)(F)F)c4c(N)ncnn34)c2)C1)C(F)(F)F. The third-order valence-corrected chi connectivity index (χ3v) is 6.00. The van der Waals surface area contributed by atoms with E-state index < -0.39 is 72.0 Å². The summed E-state index contributed by atoms with van der Waals surface area (Å²) < 4.78 is 95.1. The Bertz CT molecular complexity index is 1400. The normalized spacial score (nSPS) is 20.0. The quantitative estimate of drug-likeness (QED) is 0.423. The highest BCUT2D eigenvalue weighted by molar-refractivity contribution is 5.95. The second-order valence-corrected chi connectivity index (χ2v) is 8.69. The summed E-state index contributed by atoms with van der Waals surface area (Å²) in [5.41, 5.74) is -0.158. The number of nitrogens with one attached hydrogen (secondary N) is 1. The summed E-state index contributed by atoms with van der Waals surface area (Å²) in [5, 5.41) is 15.6. The van der Waals surface area contributed by atoms with Gasteiger partial charge in [-0.25, -0.2) is 13.9 Å². The molecule has 0 radical (unpaired) electrons. The van der Waals surface area contributed by atoms with Crippen LogP contribution in [0.4, 0.5) is 36.6 Å². The van der Waals surface area contributed by atoms with Gasteiger partial charge in [-0.15, -0.1) is 0 Å². The van der Waals surface area contributed by atoms with Gasteiger partial charge in [-0.05, 0) is 19.1 Å². The first-order chi connectivity index (χ1) is 17.5. The lowest BCUT2D eigenvalue weighted by atomic mass is 10.1. The van der Waals surface area contributed by atoms with E-state index >= 15 is 0 Å².